The monoisotopic (exact) mass is 311 g/mol. The maximum atomic E-state index is 12.4. The van der Waals surface area contributed by atoms with E-state index in [9.17, 15) is 19.5 Å². The number of likely N-dealkylation sites (tertiary alicyclic amines) is 1. The molecule has 1 saturated heterocycles. The molecule has 8 heteroatoms. The van der Waals surface area contributed by atoms with Crippen LogP contribution in [0.15, 0.2) is 21.9 Å². The van der Waals surface area contributed by atoms with Gasteiger partial charge < -0.3 is 9.84 Å². The minimum absolute atomic E-state index is 0.214. The minimum atomic E-state index is -0.680. The molecule has 1 aliphatic heterocycles. The van der Waals surface area contributed by atoms with Crippen molar-refractivity contribution < 1.29 is 14.6 Å². The van der Waals surface area contributed by atoms with Crippen LogP contribution in [-0.2, 0) is 4.74 Å². The first kappa shape index (κ1) is 16.3. The molecule has 1 aliphatic rings. The Morgan fingerprint density at radius 3 is 2.64 bits per heavy atom. The van der Waals surface area contributed by atoms with Crippen LogP contribution >= 0.6 is 0 Å². The van der Waals surface area contributed by atoms with E-state index in [0.717, 1.165) is 0 Å². The molecule has 0 radical (unpaired) electrons. The van der Waals surface area contributed by atoms with Crippen LogP contribution in [0.4, 0.5) is 4.79 Å². The van der Waals surface area contributed by atoms with E-state index in [-0.39, 0.29) is 6.61 Å². The van der Waals surface area contributed by atoms with E-state index < -0.39 is 35.2 Å². The summed E-state index contributed by atoms with van der Waals surface area (Å²) < 4.78 is 6.64. The van der Waals surface area contributed by atoms with Crippen molar-refractivity contribution in [3.63, 3.8) is 0 Å². The zero-order valence-corrected chi connectivity index (χ0v) is 12.9. The van der Waals surface area contributed by atoms with Crippen LogP contribution in [0.3, 0.4) is 0 Å². The molecular formula is C14H21N3O5. The number of aromatic nitrogens is 2. The smallest absolute Gasteiger partial charge is 0.412 e. The van der Waals surface area contributed by atoms with Gasteiger partial charge in [0.05, 0.1) is 12.6 Å². The fourth-order valence-corrected chi connectivity index (χ4v) is 2.56. The van der Waals surface area contributed by atoms with Gasteiger partial charge in [-0.3, -0.25) is 19.2 Å². The van der Waals surface area contributed by atoms with Crippen LogP contribution in [0.5, 0.6) is 0 Å². The number of hydrogen-bond acceptors (Lipinski definition) is 5. The lowest BCUT2D eigenvalue weighted by Crippen LogP contribution is -2.46. The quantitative estimate of drug-likeness (QED) is 0.824. The summed E-state index contributed by atoms with van der Waals surface area (Å²) in [5.41, 5.74) is -1.77. The van der Waals surface area contributed by atoms with Gasteiger partial charge in [0.25, 0.3) is 5.56 Å². The van der Waals surface area contributed by atoms with Gasteiger partial charge in [0.2, 0.25) is 0 Å². The molecule has 0 aliphatic carbocycles. The van der Waals surface area contributed by atoms with E-state index in [1.54, 1.807) is 20.8 Å². The first-order chi connectivity index (χ1) is 10.2. The molecule has 2 heterocycles. The maximum Gasteiger partial charge on any atom is 0.412 e. The number of amides is 1. The molecule has 0 aromatic carbocycles. The number of nitrogens with one attached hydrogen (secondary N) is 1. The summed E-state index contributed by atoms with van der Waals surface area (Å²) >= 11 is 0. The second-order valence-electron chi connectivity index (χ2n) is 6.30. The molecule has 0 spiro atoms. The van der Waals surface area contributed by atoms with Gasteiger partial charge >= 0.3 is 11.8 Å². The molecule has 0 saturated carbocycles. The Morgan fingerprint density at radius 2 is 2.09 bits per heavy atom. The number of ether oxygens (including phenoxy) is 1. The third-order valence-corrected chi connectivity index (χ3v) is 3.46. The number of nitrogens with zero attached hydrogens (tertiary/aromatic N) is 2. The highest BCUT2D eigenvalue weighted by molar-refractivity contribution is 5.69. The summed E-state index contributed by atoms with van der Waals surface area (Å²) in [5, 5.41) is 9.47. The van der Waals surface area contributed by atoms with Crippen molar-refractivity contribution in [2.24, 2.45) is 0 Å². The molecule has 2 atom stereocenters. The number of aliphatic hydroxyl groups is 1. The summed E-state index contributed by atoms with van der Waals surface area (Å²) in [6.45, 7) is 5.02. The molecule has 1 aromatic rings. The van der Waals surface area contributed by atoms with E-state index in [1.165, 1.54) is 21.7 Å². The van der Waals surface area contributed by atoms with Gasteiger partial charge in [-0.2, -0.15) is 0 Å². The van der Waals surface area contributed by atoms with Gasteiger partial charge in [0.15, 0.2) is 0 Å². The van der Waals surface area contributed by atoms with E-state index in [4.69, 9.17) is 4.74 Å². The highest BCUT2D eigenvalue weighted by atomic mass is 16.6. The van der Waals surface area contributed by atoms with Crippen molar-refractivity contribution in [1.82, 2.24) is 14.5 Å². The molecule has 2 N–H and O–H groups in total. The lowest BCUT2D eigenvalue weighted by atomic mass is 10.2. The van der Waals surface area contributed by atoms with Crippen LogP contribution in [0.25, 0.3) is 0 Å². The summed E-state index contributed by atoms with van der Waals surface area (Å²) in [7, 11) is 0. The Labute approximate surface area is 127 Å². The van der Waals surface area contributed by atoms with Crippen LogP contribution in [0.2, 0.25) is 0 Å². The Balaban J connectivity index is 2.35. The summed E-state index contributed by atoms with van der Waals surface area (Å²) in [4.78, 5) is 39.0. The van der Waals surface area contributed by atoms with Gasteiger partial charge in [-0.1, -0.05) is 0 Å². The second kappa shape index (κ2) is 5.96. The van der Waals surface area contributed by atoms with Crippen LogP contribution < -0.4 is 11.2 Å². The summed E-state index contributed by atoms with van der Waals surface area (Å²) in [6.07, 6.45) is 1.22. The average Bonchev–Trinajstić information content (AvgIpc) is 2.80. The molecule has 8 nitrogen and oxygen atoms in total. The minimum Gasteiger partial charge on any atom is -0.444 e. The molecule has 22 heavy (non-hydrogen) atoms. The number of carbonyl (C=O) groups is 1. The van der Waals surface area contributed by atoms with E-state index in [0.29, 0.717) is 12.8 Å². The first-order valence-electron chi connectivity index (χ1n) is 7.16. The van der Waals surface area contributed by atoms with Crippen LogP contribution in [-0.4, -0.2) is 43.9 Å². The molecule has 1 fully saturated rings. The fraction of sp³-hybridized carbons (Fsp3) is 0.643. The second-order valence-corrected chi connectivity index (χ2v) is 6.30. The Hall–Kier alpha value is -2.09. The summed E-state index contributed by atoms with van der Waals surface area (Å²) in [6, 6.07) is 0.805. The SMILES string of the molecule is CC(C)(C)OC(=O)N1[C@H](CO)CC[C@H]1n1ccc(=O)[nH]c1=O. The van der Waals surface area contributed by atoms with Crippen molar-refractivity contribution in [2.45, 2.75) is 51.4 Å². The topological polar surface area (TPSA) is 105 Å². The predicted octanol–water partition coefficient (Wildman–Crippen LogP) is 0.427. The normalized spacial score (nSPS) is 21.9. The number of H-pyrrole nitrogens is 1. The molecule has 1 amide bonds. The highest BCUT2D eigenvalue weighted by Crippen LogP contribution is 2.32. The Kier molecular flexibility index (Phi) is 4.41. The van der Waals surface area contributed by atoms with Crippen molar-refractivity contribution in [3.05, 3.63) is 33.1 Å². The lowest BCUT2D eigenvalue weighted by molar-refractivity contribution is 0.000603. The van der Waals surface area contributed by atoms with Crippen molar-refractivity contribution in [3.8, 4) is 0 Å². The van der Waals surface area contributed by atoms with Crippen LogP contribution in [0, 0.1) is 0 Å². The molecular weight excluding hydrogens is 290 g/mol. The molecule has 1 aromatic heterocycles. The third kappa shape index (κ3) is 3.38. The zero-order chi connectivity index (χ0) is 16.5. The zero-order valence-electron chi connectivity index (χ0n) is 12.9. The largest absolute Gasteiger partial charge is 0.444 e. The van der Waals surface area contributed by atoms with Gasteiger partial charge in [-0.15, -0.1) is 0 Å². The van der Waals surface area contributed by atoms with E-state index >= 15 is 0 Å². The highest BCUT2D eigenvalue weighted by Gasteiger charge is 2.40. The standard InChI is InChI=1S/C14H21N3O5/c1-14(2,3)22-13(21)17-9(8-18)4-5-11(17)16-7-6-10(19)15-12(16)20/h6-7,9,11,18H,4-5,8H2,1-3H3,(H,15,19,20)/t9-,11-/m0/s1. The van der Waals surface area contributed by atoms with Crippen molar-refractivity contribution in [1.29, 1.82) is 0 Å². The van der Waals surface area contributed by atoms with E-state index in [2.05, 4.69) is 4.98 Å². The van der Waals surface area contributed by atoms with Gasteiger partial charge in [-0.25, -0.2) is 9.59 Å². The number of rotatable bonds is 2. The number of hydrogen-bond donors (Lipinski definition) is 2. The molecule has 0 unspecified atom stereocenters. The first-order valence-corrected chi connectivity index (χ1v) is 7.16. The number of aromatic amines is 1. The van der Waals surface area contributed by atoms with Crippen LogP contribution in [0.1, 0.15) is 39.8 Å². The molecule has 122 valence electrons. The maximum absolute atomic E-state index is 12.4. The van der Waals surface area contributed by atoms with Gasteiger partial charge in [0, 0.05) is 12.3 Å². The molecule has 2 rings (SSSR count). The number of aliphatic hydroxyl groups excluding tert-OH is 1. The van der Waals surface area contributed by atoms with E-state index in [1.807, 2.05) is 0 Å². The third-order valence-electron chi connectivity index (χ3n) is 3.46. The van der Waals surface area contributed by atoms with Gasteiger partial charge in [0.1, 0.15) is 11.8 Å². The Morgan fingerprint density at radius 1 is 1.41 bits per heavy atom. The number of carbonyl (C=O) groups excluding carboxylic acids is 1. The Bertz CT molecular complexity index is 657. The average molecular weight is 311 g/mol. The summed E-state index contributed by atoms with van der Waals surface area (Å²) in [5.74, 6) is 0. The van der Waals surface area contributed by atoms with Crippen molar-refractivity contribution in [2.75, 3.05) is 6.61 Å². The fourth-order valence-electron chi connectivity index (χ4n) is 2.56. The lowest BCUT2D eigenvalue weighted by Gasteiger charge is -2.32. The molecule has 0 bridgehead atoms. The predicted molar refractivity (Wildman–Crippen MR) is 78.5 cm³/mol. The van der Waals surface area contributed by atoms with Gasteiger partial charge in [-0.05, 0) is 33.6 Å². The van der Waals surface area contributed by atoms with Crippen molar-refractivity contribution >= 4 is 6.09 Å².